The van der Waals surface area contributed by atoms with Crippen LogP contribution in [-0.4, -0.2) is 31.8 Å². The summed E-state index contributed by atoms with van der Waals surface area (Å²) < 4.78 is 23.7. The lowest BCUT2D eigenvalue weighted by Gasteiger charge is -2.12. The lowest BCUT2D eigenvalue weighted by molar-refractivity contribution is -0.122. The van der Waals surface area contributed by atoms with Crippen molar-refractivity contribution >= 4 is 15.7 Å². The summed E-state index contributed by atoms with van der Waals surface area (Å²) in [6.45, 7) is 2.04. The molecule has 0 aliphatic rings. The molecule has 6 heteroatoms. The van der Waals surface area contributed by atoms with Gasteiger partial charge in [0.15, 0.2) is 9.84 Å². The fourth-order valence-electron chi connectivity index (χ4n) is 2.80. The number of nitrogens with one attached hydrogen (secondary N) is 1. The molecular formula is C21H27NO4S. The molecule has 0 fully saturated rings. The number of aliphatic hydroxyl groups excluding tert-OH is 1. The van der Waals surface area contributed by atoms with Crippen molar-refractivity contribution < 1.29 is 18.3 Å². The van der Waals surface area contributed by atoms with Gasteiger partial charge in [-0.05, 0) is 42.0 Å². The monoisotopic (exact) mass is 389 g/mol. The van der Waals surface area contributed by atoms with Crippen molar-refractivity contribution in [2.75, 3.05) is 12.4 Å². The molecule has 0 saturated carbocycles. The summed E-state index contributed by atoms with van der Waals surface area (Å²) >= 11 is 0. The van der Waals surface area contributed by atoms with Gasteiger partial charge in [-0.25, -0.2) is 8.42 Å². The van der Waals surface area contributed by atoms with Crippen molar-refractivity contribution in [1.29, 1.82) is 0 Å². The molecule has 0 radical (unpaired) electrons. The van der Waals surface area contributed by atoms with Crippen molar-refractivity contribution in [1.82, 2.24) is 5.32 Å². The molecule has 0 aromatic heterocycles. The zero-order valence-corrected chi connectivity index (χ0v) is 16.4. The van der Waals surface area contributed by atoms with E-state index in [9.17, 15) is 13.2 Å². The highest BCUT2D eigenvalue weighted by Crippen LogP contribution is 2.14. The molecule has 27 heavy (non-hydrogen) atoms. The van der Waals surface area contributed by atoms with E-state index < -0.39 is 16.4 Å². The molecule has 0 aliphatic carbocycles. The average molecular weight is 390 g/mol. The highest BCUT2D eigenvalue weighted by atomic mass is 32.2. The molecule has 1 amide bonds. The predicted octanol–water partition coefficient (Wildman–Crippen LogP) is 2.73. The predicted molar refractivity (Wildman–Crippen MR) is 106 cm³/mol. The molecule has 1 atom stereocenters. The first-order valence-electron chi connectivity index (χ1n) is 9.14. The number of carbonyl (C=O) groups is 1. The van der Waals surface area contributed by atoms with Crippen LogP contribution in [0, 0.1) is 5.92 Å². The second-order valence-electron chi connectivity index (χ2n) is 6.80. The van der Waals surface area contributed by atoms with Crippen LogP contribution in [0.5, 0.6) is 0 Å². The quantitative estimate of drug-likeness (QED) is 0.654. The van der Waals surface area contributed by atoms with Gasteiger partial charge in [0, 0.05) is 13.0 Å². The molecule has 2 N–H and O–H groups in total. The lowest BCUT2D eigenvalue weighted by Crippen LogP contribution is -2.24. The molecule has 2 aromatic carbocycles. The molecule has 2 aromatic rings. The fraction of sp³-hybridized carbons (Fsp3) is 0.381. The van der Waals surface area contributed by atoms with E-state index in [-0.39, 0.29) is 22.5 Å². The van der Waals surface area contributed by atoms with Gasteiger partial charge < -0.3 is 10.4 Å². The Bertz CT molecular complexity index is 817. The summed E-state index contributed by atoms with van der Waals surface area (Å²) in [7, 11) is -3.44. The number of carbonyl (C=O) groups excluding carboxylic acids is 1. The number of benzene rings is 2. The van der Waals surface area contributed by atoms with Gasteiger partial charge in [0.25, 0.3) is 0 Å². The lowest BCUT2D eigenvalue weighted by atomic mass is 9.98. The van der Waals surface area contributed by atoms with Crippen molar-refractivity contribution in [2.24, 2.45) is 5.92 Å². The minimum Gasteiger partial charge on any atom is -0.395 e. The molecule has 0 bridgehead atoms. The first kappa shape index (κ1) is 21.1. The summed E-state index contributed by atoms with van der Waals surface area (Å²) in [6.07, 6.45) is 2.38. The zero-order valence-electron chi connectivity index (χ0n) is 15.6. The molecular weight excluding hydrogens is 362 g/mol. The van der Waals surface area contributed by atoms with E-state index in [2.05, 4.69) is 24.4 Å². The summed E-state index contributed by atoms with van der Waals surface area (Å²) in [5.74, 6) is -0.00650. The second kappa shape index (κ2) is 10.2. The highest BCUT2D eigenvalue weighted by Gasteiger charge is 2.13. The van der Waals surface area contributed by atoms with E-state index in [1.807, 2.05) is 18.2 Å². The minimum absolute atomic E-state index is 0.00691. The van der Waals surface area contributed by atoms with E-state index in [0.717, 1.165) is 18.4 Å². The van der Waals surface area contributed by atoms with Crippen LogP contribution in [0.15, 0.2) is 59.5 Å². The number of rotatable bonds is 10. The van der Waals surface area contributed by atoms with Crippen LogP contribution in [0.1, 0.15) is 30.9 Å². The largest absolute Gasteiger partial charge is 0.395 e. The average Bonchev–Trinajstić information content (AvgIpc) is 2.66. The van der Waals surface area contributed by atoms with Gasteiger partial charge in [0.2, 0.25) is 5.91 Å². The molecule has 0 spiro atoms. The van der Waals surface area contributed by atoms with E-state index >= 15 is 0 Å². The van der Waals surface area contributed by atoms with Crippen LogP contribution in [-0.2, 0) is 27.6 Å². The molecule has 0 saturated heterocycles. The number of hydrogen-bond donors (Lipinski definition) is 2. The van der Waals surface area contributed by atoms with Crippen LogP contribution in [0.2, 0.25) is 0 Å². The van der Waals surface area contributed by atoms with Crippen LogP contribution in [0.3, 0.4) is 0 Å². The summed E-state index contributed by atoms with van der Waals surface area (Å²) in [5, 5.41) is 11.7. The number of aryl methyl sites for hydroxylation is 1. The van der Waals surface area contributed by atoms with Gasteiger partial charge in [-0.1, -0.05) is 49.4 Å². The molecule has 2 rings (SSSR count). The SMILES string of the molecule is C[C@H](CCc1ccccc1)CC(=O)NCc1ccc(S(=O)(=O)CCO)cc1. The third kappa shape index (κ3) is 7.15. The fourth-order valence-corrected chi connectivity index (χ4v) is 3.83. The van der Waals surface area contributed by atoms with Crippen molar-refractivity contribution in [2.45, 2.75) is 37.6 Å². The van der Waals surface area contributed by atoms with Gasteiger partial charge in [0.1, 0.15) is 0 Å². The molecule has 0 aliphatic heterocycles. The Morgan fingerprint density at radius 3 is 2.33 bits per heavy atom. The number of aliphatic hydroxyl groups is 1. The van der Waals surface area contributed by atoms with E-state index in [0.29, 0.717) is 13.0 Å². The Morgan fingerprint density at radius 1 is 1.04 bits per heavy atom. The number of amides is 1. The van der Waals surface area contributed by atoms with Gasteiger partial charge in [-0.2, -0.15) is 0 Å². The first-order valence-corrected chi connectivity index (χ1v) is 10.8. The van der Waals surface area contributed by atoms with Gasteiger partial charge in [-0.3, -0.25) is 4.79 Å². The second-order valence-corrected chi connectivity index (χ2v) is 8.91. The van der Waals surface area contributed by atoms with E-state index in [4.69, 9.17) is 5.11 Å². The van der Waals surface area contributed by atoms with E-state index in [1.165, 1.54) is 17.7 Å². The Morgan fingerprint density at radius 2 is 1.70 bits per heavy atom. The van der Waals surface area contributed by atoms with Crippen LogP contribution in [0.25, 0.3) is 0 Å². The Hall–Kier alpha value is -2.18. The summed E-state index contributed by atoms with van der Waals surface area (Å²) in [4.78, 5) is 12.3. The van der Waals surface area contributed by atoms with Gasteiger partial charge in [-0.15, -0.1) is 0 Å². The Kier molecular flexibility index (Phi) is 8.00. The topological polar surface area (TPSA) is 83.5 Å². The molecule has 146 valence electrons. The minimum atomic E-state index is -3.44. The van der Waals surface area contributed by atoms with Gasteiger partial charge in [0.05, 0.1) is 17.3 Å². The van der Waals surface area contributed by atoms with Crippen LogP contribution < -0.4 is 5.32 Å². The maximum Gasteiger partial charge on any atom is 0.220 e. The standard InChI is InChI=1S/C21H27NO4S/c1-17(7-8-18-5-3-2-4-6-18)15-21(24)22-16-19-9-11-20(12-10-19)27(25,26)14-13-23/h2-6,9-12,17,23H,7-8,13-16H2,1H3,(H,22,24)/t17-/m1/s1. The van der Waals surface area contributed by atoms with Crippen LogP contribution in [0.4, 0.5) is 0 Å². The number of hydrogen-bond acceptors (Lipinski definition) is 4. The van der Waals surface area contributed by atoms with Crippen molar-refractivity contribution in [3.05, 3.63) is 65.7 Å². The number of sulfone groups is 1. The maximum absolute atomic E-state index is 12.1. The normalized spacial score (nSPS) is 12.5. The summed E-state index contributed by atoms with van der Waals surface area (Å²) in [6, 6.07) is 16.6. The van der Waals surface area contributed by atoms with E-state index in [1.54, 1.807) is 12.1 Å². The Labute approximate surface area is 161 Å². The molecule has 0 heterocycles. The highest BCUT2D eigenvalue weighted by molar-refractivity contribution is 7.91. The first-order chi connectivity index (χ1) is 12.9. The molecule has 5 nitrogen and oxygen atoms in total. The van der Waals surface area contributed by atoms with Crippen molar-refractivity contribution in [3.63, 3.8) is 0 Å². The smallest absolute Gasteiger partial charge is 0.220 e. The third-order valence-corrected chi connectivity index (χ3v) is 6.15. The molecule has 0 unspecified atom stereocenters. The van der Waals surface area contributed by atoms with Crippen LogP contribution >= 0.6 is 0 Å². The third-order valence-electron chi connectivity index (χ3n) is 4.43. The van der Waals surface area contributed by atoms with Crippen molar-refractivity contribution in [3.8, 4) is 0 Å². The summed E-state index contributed by atoms with van der Waals surface area (Å²) in [5.41, 5.74) is 2.12. The van der Waals surface area contributed by atoms with Gasteiger partial charge >= 0.3 is 0 Å². The Balaban J connectivity index is 1.76. The zero-order chi connectivity index (χ0) is 19.7. The maximum atomic E-state index is 12.1.